The first-order chi connectivity index (χ1) is 9.42. The molecule has 2 unspecified atom stereocenters. The number of benzene rings is 1. The van der Waals surface area contributed by atoms with Crippen LogP contribution in [0.4, 0.5) is 5.69 Å². The van der Waals surface area contributed by atoms with Gasteiger partial charge in [-0.25, -0.2) is 0 Å². The topological polar surface area (TPSA) is 63.3 Å². The molecule has 0 aliphatic carbocycles. The summed E-state index contributed by atoms with van der Waals surface area (Å²) in [6.07, 6.45) is 3.67. The van der Waals surface area contributed by atoms with Gasteiger partial charge in [-0.05, 0) is 30.0 Å². The Morgan fingerprint density at radius 3 is 2.50 bits per heavy atom. The highest BCUT2D eigenvalue weighted by molar-refractivity contribution is 6.36. The van der Waals surface area contributed by atoms with Crippen LogP contribution >= 0.6 is 23.2 Å². The van der Waals surface area contributed by atoms with E-state index in [2.05, 4.69) is 6.92 Å². The molecule has 5 heteroatoms. The summed E-state index contributed by atoms with van der Waals surface area (Å²) in [4.78, 5) is 11.7. The van der Waals surface area contributed by atoms with E-state index < -0.39 is 11.9 Å². The summed E-state index contributed by atoms with van der Waals surface area (Å²) in [5, 5.41) is 10.3. The van der Waals surface area contributed by atoms with E-state index in [0.29, 0.717) is 21.3 Å². The number of aliphatic carboxylic acids is 1. The fourth-order valence-electron chi connectivity index (χ4n) is 2.52. The summed E-state index contributed by atoms with van der Waals surface area (Å²) in [7, 11) is 0. The molecule has 112 valence electrons. The summed E-state index contributed by atoms with van der Waals surface area (Å²) in [5.74, 6) is -1.51. The van der Waals surface area contributed by atoms with Crippen molar-refractivity contribution in [3.8, 4) is 0 Å². The van der Waals surface area contributed by atoms with E-state index in [4.69, 9.17) is 28.9 Å². The predicted molar refractivity (Wildman–Crippen MR) is 84.6 cm³/mol. The van der Waals surface area contributed by atoms with Crippen LogP contribution in [0, 0.1) is 5.92 Å². The second-order valence-electron chi connectivity index (χ2n) is 5.02. The van der Waals surface area contributed by atoms with Crippen LogP contribution in [0.25, 0.3) is 0 Å². The molecule has 0 saturated carbocycles. The molecule has 20 heavy (non-hydrogen) atoms. The molecule has 0 aromatic heterocycles. The number of carboxylic acids is 1. The first kappa shape index (κ1) is 17.1. The number of carbonyl (C=O) groups is 1. The Kier molecular flexibility index (Phi) is 6.63. The third kappa shape index (κ3) is 4.03. The molecule has 1 rings (SSSR count). The number of rotatable bonds is 7. The molecule has 0 radical (unpaired) electrons. The number of anilines is 1. The van der Waals surface area contributed by atoms with Crippen molar-refractivity contribution in [2.45, 2.75) is 45.4 Å². The predicted octanol–water partition coefficient (Wildman–Crippen LogP) is 4.96. The molecule has 3 nitrogen and oxygen atoms in total. The van der Waals surface area contributed by atoms with Gasteiger partial charge in [0.05, 0.1) is 16.6 Å². The zero-order chi connectivity index (χ0) is 15.3. The minimum atomic E-state index is -0.877. The van der Waals surface area contributed by atoms with E-state index in [1.165, 1.54) is 6.07 Å². The normalized spacial score (nSPS) is 14.0. The maximum Gasteiger partial charge on any atom is 0.311 e. The highest BCUT2D eigenvalue weighted by Gasteiger charge is 2.30. The van der Waals surface area contributed by atoms with Crippen LogP contribution in [-0.4, -0.2) is 11.1 Å². The summed E-state index contributed by atoms with van der Waals surface area (Å²) in [6.45, 7) is 4.09. The SMILES string of the molecule is CCCCC(CC)C(C(=O)O)c1cc(Cl)cc(Cl)c1N. The first-order valence-electron chi connectivity index (χ1n) is 6.89. The third-order valence-corrected chi connectivity index (χ3v) is 4.18. The van der Waals surface area contributed by atoms with Gasteiger partial charge in [-0.15, -0.1) is 0 Å². The van der Waals surface area contributed by atoms with Crippen molar-refractivity contribution in [1.82, 2.24) is 0 Å². The van der Waals surface area contributed by atoms with Crippen molar-refractivity contribution in [2.24, 2.45) is 5.92 Å². The van der Waals surface area contributed by atoms with Crippen molar-refractivity contribution >= 4 is 34.9 Å². The van der Waals surface area contributed by atoms with Gasteiger partial charge in [0.25, 0.3) is 0 Å². The summed E-state index contributed by atoms with van der Waals surface area (Å²) < 4.78 is 0. The minimum Gasteiger partial charge on any atom is -0.481 e. The molecule has 1 aromatic carbocycles. The largest absolute Gasteiger partial charge is 0.481 e. The van der Waals surface area contributed by atoms with Crippen LogP contribution in [0.2, 0.25) is 10.0 Å². The Hall–Kier alpha value is -0.930. The van der Waals surface area contributed by atoms with Crippen molar-refractivity contribution in [2.75, 3.05) is 5.73 Å². The Balaban J connectivity index is 3.22. The first-order valence-corrected chi connectivity index (χ1v) is 7.65. The van der Waals surface area contributed by atoms with E-state index in [1.54, 1.807) is 6.07 Å². The Morgan fingerprint density at radius 1 is 1.35 bits per heavy atom. The molecule has 3 N–H and O–H groups in total. The lowest BCUT2D eigenvalue weighted by Crippen LogP contribution is -2.22. The van der Waals surface area contributed by atoms with Gasteiger partial charge in [0.15, 0.2) is 0 Å². The molecule has 0 heterocycles. The highest BCUT2D eigenvalue weighted by Crippen LogP contribution is 2.38. The zero-order valence-corrected chi connectivity index (χ0v) is 13.3. The molecule has 0 fully saturated rings. The molecule has 0 bridgehead atoms. The Labute approximate surface area is 130 Å². The monoisotopic (exact) mass is 317 g/mol. The second kappa shape index (κ2) is 7.75. The summed E-state index contributed by atoms with van der Waals surface area (Å²) in [6, 6.07) is 3.16. The number of unbranched alkanes of at least 4 members (excludes halogenated alkanes) is 1. The lowest BCUT2D eigenvalue weighted by molar-refractivity contribution is -0.140. The van der Waals surface area contributed by atoms with E-state index in [9.17, 15) is 9.90 Å². The van der Waals surface area contributed by atoms with Crippen molar-refractivity contribution in [3.05, 3.63) is 27.7 Å². The van der Waals surface area contributed by atoms with E-state index in [-0.39, 0.29) is 5.92 Å². The number of hydrogen-bond acceptors (Lipinski definition) is 2. The Bertz CT molecular complexity index is 477. The number of halogens is 2. The number of nitrogens with two attached hydrogens (primary N) is 1. The fourth-order valence-corrected chi connectivity index (χ4v) is 3.03. The van der Waals surface area contributed by atoms with Crippen LogP contribution in [0.1, 0.15) is 51.0 Å². The van der Waals surface area contributed by atoms with Crippen LogP contribution in [0.3, 0.4) is 0 Å². The number of nitrogen functional groups attached to an aromatic ring is 1. The Morgan fingerprint density at radius 2 is 2.00 bits per heavy atom. The van der Waals surface area contributed by atoms with Gasteiger partial charge >= 0.3 is 5.97 Å². The van der Waals surface area contributed by atoms with Crippen LogP contribution in [0.15, 0.2) is 12.1 Å². The number of carboxylic acid groups (broad SMARTS) is 1. The smallest absolute Gasteiger partial charge is 0.311 e. The number of hydrogen-bond donors (Lipinski definition) is 2. The van der Waals surface area contributed by atoms with E-state index in [0.717, 1.165) is 25.7 Å². The van der Waals surface area contributed by atoms with Gasteiger partial charge in [0, 0.05) is 5.02 Å². The van der Waals surface area contributed by atoms with Gasteiger partial charge in [-0.1, -0.05) is 56.3 Å². The summed E-state index contributed by atoms with van der Waals surface area (Å²) in [5.41, 5.74) is 6.80. The van der Waals surface area contributed by atoms with Crippen LogP contribution in [0.5, 0.6) is 0 Å². The molecule has 0 amide bonds. The molecular formula is C15H21Cl2NO2. The maximum atomic E-state index is 11.7. The van der Waals surface area contributed by atoms with Gasteiger partial charge < -0.3 is 10.8 Å². The van der Waals surface area contributed by atoms with Gasteiger partial charge in [-0.2, -0.15) is 0 Å². The molecule has 0 spiro atoms. The van der Waals surface area contributed by atoms with Crippen LogP contribution < -0.4 is 5.73 Å². The van der Waals surface area contributed by atoms with Gasteiger partial charge in [0.2, 0.25) is 0 Å². The quantitative estimate of drug-likeness (QED) is 0.698. The van der Waals surface area contributed by atoms with E-state index in [1.807, 2.05) is 6.92 Å². The fraction of sp³-hybridized carbons (Fsp3) is 0.533. The highest BCUT2D eigenvalue weighted by atomic mass is 35.5. The molecule has 0 saturated heterocycles. The lowest BCUT2D eigenvalue weighted by Gasteiger charge is -2.25. The molecule has 1 aromatic rings. The minimum absolute atomic E-state index is 0.0317. The molecule has 0 aliphatic rings. The van der Waals surface area contributed by atoms with Crippen molar-refractivity contribution < 1.29 is 9.90 Å². The average Bonchev–Trinajstić information content (AvgIpc) is 2.38. The van der Waals surface area contributed by atoms with E-state index >= 15 is 0 Å². The third-order valence-electron chi connectivity index (χ3n) is 3.65. The average molecular weight is 318 g/mol. The van der Waals surface area contributed by atoms with Crippen molar-refractivity contribution in [1.29, 1.82) is 0 Å². The molecular weight excluding hydrogens is 297 g/mol. The van der Waals surface area contributed by atoms with Crippen LogP contribution in [-0.2, 0) is 4.79 Å². The zero-order valence-electron chi connectivity index (χ0n) is 11.8. The summed E-state index contributed by atoms with van der Waals surface area (Å²) >= 11 is 12.0. The lowest BCUT2D eigenvalue weighted by atomic mass is 9.80. The molecule has 0 aliphatic heterocycles. The van der Waals surface area contributed by atoms with Crippen molar-refractivity contribution in [3.63, 3.8) is 0 Å². The molecule has 2 atom stereocenters. The van der Waals surface area contributed by atoms with Gasteiger partial charge in [0.1, 0.15) is 0 Å². The standard InChI is InChI=1S/C15H21Cl2NO2/c1-3-5-6-9(4-2)13(15(19)20)11-7-10(16)8-12(17)14(11)18/h7-9,13H,3-6,18H2,1-2H3,(H,19,20). The second-order valence-corrected chi connectivity index (χ2v) is 5.86. The maximum absolute atomic E-state index is 11.7. The van der Waals surface area contributed by atoms with Gasteiger partial charge in [-0.3, -0.25) is 4.79 Å².